The molecule has 0 fully saturated rings. The molecule has 0 saturated carbocycles. The monoisotopic (exact) mass is 348 g/mol. The minimum atomic E-state index is -3.90. The molecule has 1 aromatic carbocycles. The summed E-state index contributed by atoms with van der Waals surface area (Å²) in [5.41, 5.74) is 0.944. The molecule has 0 aliphatic rings. The number of aryl methyl sites for hydroxylation is 1. The van der Waals surface area contributed by atoms with Gasteiger partial charge in [-0.3, -0.25) is 4.98 Å². The van der Waals surface area contributed by atoms with Crippen molar-refractivity contribution in [1.82, 2.24) is 19.8 Å². The second-order valence-electron chi connectivity index (χ2n) is 4.96. The number of hydrogen-bond acceptors (Lipinski definition) is 6. The van der Waals surface area contributed by atoms with E-state index < -0.39 is 15.8 Å². The van der Waals surface area contributed by atoms with E-state index in [2.05, 4.69) is 19.8 Å². The van der Waals surface area contributed by atoms with Crippen LogP contribution in [-0.4, -0.2) is 23.5 Å². The van der Waals surface area contributed by atoms with Crippen LogP contribution in [0.5, 0.6) is 0 Å². The Morgan fingerprint density at radius 2 is 2.08 bits per heavy atom. The second-order valence-corrected chi connectivity index (χ2v) is 6.70. The van der Waals surface area contributed by atoms with Crippen LogP contribution in [0, 0.1) is 12.7 Å². The predicted octanol–water partition coefficient (Wildman–Crippen LogP) is 2.06. The summed E-state index contributed by atoms with van der Waals surface area (Å²) in [4.78, 5) is 8.02. The molecular formula is C15H13FN4O3S. The van der Waals surface area contributed by atoms with Crippen molar-refractivity contribution in [2.24, 2.45) is 0 Å². The molecule has 9 heteroatoms. The molecule has 0 saturated heterocycles. The van der Waals surface area contributed by atoms with E-state index in [1.54, 1.807) is 31.3 Å². The first kappa shape index (κ1) is 16.2. The fourth-order valence-electron chi connectivity index (χ4n) is 2.02. The van der Waals surface area contributed by atoms with Gasteiger partial charge in [-0.05, 0) is 36.8 Å². The van der Waals surface area contributed by atoms with Gasteiger partial charge in [0.05, 0.1) is 11.4 Å². The minimum Gasteiger partial charge on any atom is -0.337 e. The third kappa shape index (κ3) is 3.47. The maximum atomic E-state index is 13.3. The van der Waals surface area contributed by atoms with Gasteiger partial charge in [0.2, 0.25) is 21.7 Å². The van der Waals surface area contributed by atoms with Crippen LogP contribution < -0.4 is 4.72 Å². The van der Waals surface area contributed by atoms with Gasteiger partial charge in [-0.15, -0.1) is 0 Å². The number of benzene rings is 1. The average molecular weight is 348 g/mol. The summed E-state index contributed by atoms with van der Waals surface area (Å²) in [6.07, 6.45) is 1.58. The highest BCUT2D eigenvalue weighted by molar-refractivity contribution is 7.89. The van der Waals surface area contributed by atoms with Crippen LogP contribution >= 0.6 is 0 Å². The highest BCUT2D eigenvalue weighted by atomic mass is 32.2. The number of sulfonamides is 1. The summed E-state index contributed by atoms with van der Waals surface area (Å²) in [5.74, 6) is -0.295. The fraction of sp³-hybridized carbons (Fsp3) is 0.133. The maximum absolute atomic E-state index is 13.3. The molecule has 3 aromatic rings. The van der Waals surface area contributed by atoms with E-state index in [1.807, 2.05) is 0 Å². The minimum absolute atomic E-state index is 0.0771. The Morgan fingerprint density at radius 3 is 2.83 bits per heavy atom. The Morgan fingerprint density at radius 1 is 1.25 bits per heavy atom. The van der Waals surface area contributed by atoms with Gasteiger partial charge < -0.3 is 4.52 Å². The smallest absolute Gasteiger partial charge is 0.242 e. The van der Waals surface area contributed by atoms with Gasteiger partial charge in [0.25, 0.3) is 0 Å². The number of rotatable bonds is 5. The standard InChI is InChI=1S/C15H13FN4O3S/c1-10-5-6-11(16)8-13(10)24(21,22)18-9-14-19-15(20-23-14)12-4-2-3-7-17-12/h2-8,18H,9H2,1H3. The predicted molar refractivity (Wildman–Crippen MR) is 82.7 cm³/mol. The summed E-state index contributed by atoms with van der Waals surface area (Å²) >= 11 is 0. The topological polar surface area (TPSA) is 98.0 Å². The van der Waals surface area contributed by atoms with Crippen LogP contribution in [0.15, 0.2) is 52.0 Å². The number of aromatic nitrogens is 3. The highest BCUT2D eigenvalue weighted by Crippen LogP contribution is 2.17. The quantitative estimate of drug-likeness (QED) is 0.758. The van der Waals surface area contributed by atoms with Crippen LogP contribution in [0.2, 0.25) is 0 Å². The van der Waals surface area contributed by atoms with Gasteiger partial charge >= 0.3 is 0 Å². The zero-order valence-corrected chi connectivity index (χ0v) is 13.4. The van der Waals surface area contributed by atoms with Crippen molar-refractivity contribution >= 4 is 10.0 Å². The number of nitrogens with zero attached hydrogens (tertiary/aromatic N) is 3. The van der Waals surface area contributed by atoms with Crippen molar-refractivity contribution in [2.45, 2.75) is 18.4 Å². The third-order valence-corrected chi connectivity index (χ3v) is 4.76. The Kier molecular flexibility index (Phi) is 4.36. The molecule has 0 spiro atoms. The Hall–Kier alpha value is -2.65. The summed E-state index contributed by atoms with van der Waals surface area (Å²) in [5, 5.41) is 3.75. The zero-order chi connectivity index (χ0) is 17.2. The van der Waals surface area contributed by atoms with Gasteiger partial charge in [-0.2, -0.15) is 4.98 Å². The van der Waals surface area contributed by atoms with Crippen LogP contribution in [-0.2, 0) is 16.6 Å². The van der Waals surface area contributed by atoms with E-state index in [1.165, 1.54) is 12.1 Å². The zero-order valence-electron chi connectivity index (χ0n) is 12.6. The molecule has 0 aliphatic heterocycles. The Bertz CT molecular complexity index is 958. The molecule has 0 aliphatic carbocycles. The average Bonchev–Trinajstić information content (AvgIpc) is 3.05. The van der Waals surface area contributed by atoms with E-state index in [0.717, 1.165) is 6.07 Å². The maximum Gasteiger partial charge on any atom is 0.242 e. The van der Waals surface area contributed by atoms with E-state index in [4.69, 9.17) is 4.52 Å². The number of hydrogen-bond donors (Lipinski definition) is 1. The lowest BCUT2D eigenvalue weighted by molar-refractivity contribution is 0.375. The first-order chi connectivity index (χ1) is 11.5. The largest absolute Gasteiger partial charge is 0.337 e. The summed E-state index contributed by atoms with van der Waals surface area (Å²) in [7, 11) is -3.90. The van der Waals surface area contributed by atoms with Crippen molar-refractivity contribution in [3.63, 3.8) is 0 Å². The first-order valence-electron chi connectivity index (χ1n) is 6.95. The van der Waals surface area contributed by atoms with Crippen molar-refractivity contribution in [3.8, 4) is 11.5 Å². The summed E-state index contributed by atoms with van der Waals surface area (Å²) in [6, 6.07) is 8.79. The normalized spacial score (nSPS) is 11.6. The van der Waals surface area contributed by atoms with E-state index >= 15 is 0 Å². The van der Waals surface area contributed by atoms with Crippen LogP contribution in [0.1, 0.15) is 11.5 Å². The third-order valence-electron chi connectivity index (χ3n) is 3.22. The van der Waals surface area contributed by atoms with Gasteiger partial charge in [-0.25, -0.2) is 17.5 Å². The molecule has 2 aromatic heterocycles. The van der Waals surface area contributed by atoms with Gasteiger partial charge in [0, 0.05) is 6.20 Å². The first-order valence-corrected chi connectivity index (χ1v) is 8.44. The van der Waals surface area contributed by atoms with Crippen molar-refractivity contribution in [3.05, 3.63) is 59.9 Å². The SMILES string of the molecule is Cc1ccc(F)cc1S(=O)(=O)NCc1nc(-c2ccccn2)no1. The molecule has 24 heavy (non-hydrogen) atoms. The van der Waals surface area contributed by atoms with E-state index in [9.17, 15) is 12.8 Å². The van der Waals surface area contributed by atoms with E-state index in [-0.39, 0.29) is 23.2 Å². The molecule has 124 valence electrons. The highest BCUT2D eigenvalue weighted by Gasteiger charge is 2.19. The van der Waals surface area contributed by atoms with Crippen molar-refractivity contribution in [2.75, 3.05) is 0 Å². The molecular weight excluding hydrogens is 335 g/mol. The van der Waals surface area contributed by atoms with Gasteiger partial charge in [0.15, 0.2) is 0 Å². The molecule has 1 N–H and O–H groups in total. The summed E-state index contributed by atoms with van der Waals surface area (Å²) < 4.78 is 45.2. The van der Waals surface area contributed by atoms with Crippen LogP contribution in [0.25, 0.3) is 11.5 Å². The molecule has 0 unspecified atom stereocenters. The van der Waals surface area contributed by atoms with Gasteiger partial charge in [0.1, 0.15) is 11.5 Å². The lowest BCUT2D eigenvalue weighted by Gasteiger charge is -2.07. The number of halogens is 1. The lowest BCUT2D eigenvalue weighted by Crippen LogP contribution is -2.24. The molecule has 7 nitrogen and oxygen atoms in total. The van der Waals surface area contributed by atoms with Crippen molar-refractivity contribution < 1.29 is 17.3 Å². The van der Waals surface area contributed by atoms with E-state index in [0.29, 0.717) is 11.3 Å². The molecule has 0 bridgehead atoms. The fourth-order valence-corrected chi connectivity index (χ4v) is 3.25. The van der Waals surface area contributed by atoms with Crippen LogP contribution in [0.3, 0.4) is 0 Å². The van der Waals surface area contributed by atoms with Gasteiger partial charge in [-0.1, -0.05) is 17.3 Å². The number of pyridine rings is 1. The van der Waals surface area contributed by atoms with Crippen LogP contribution in [0.4, 0.5) is 4.39 Å². The molecule has 0 atom stereocenters. The lowest BCUT2D eigenvalue weighted by atomic mass is 10.2. The molecule has 0 radical (unpaired) electrons. The molecule has 3 rings (SSSR count). The number of nitrogens with one attached hydrogen (secondary N) is 1. The Labute approximate surface area is 137 Å². The van der Waals surface area contributed by atoms with Crippen molar-refractivity contribution in [1.29, 1.82) is 0 Å². The molecule has 0 amide bonds. The molecule has 2 heterocycles. The summed E-state index contributed by atoms with van der Waals surface area (Å²) in [6.45, 7) is 1.37. The Balaban J connectivity index is 1.76. The second kappa shape index (κ2) is 6.46.